The Kier molecular flexibility index (Phi) is 2.60. The monoisotopic (exact) mass is 203 g/mol. The Morgan fingerprint density at radius 3 is 2.62 bits per heavy atom. The molecule has 0 aromatic carbocycles. The Hall–Kier alpha value is -1.04. The van der Waals surface area contributed by atoms with Gasteiger partial charge in [0.2, 0.25) is 0 Å². The van der Waals surface area contributed by atoms with Crippen LogP contribution in [-0.4, -0.2) is 30.0 Å². The molecule has 0 saturated heterocycles. The molecule has 1 aromatic heterocycles. The number of sulfone groups is 1. The number of anilines is 1. The van der Waals surface area contributed by atoms with Crippen LogP contribution in [0.1, 0.15) is 5.82 Å². The van der Waals surface area contributed by atoms with Crippen molar-refractivity contribution in [3.8, 4) is 0 Å². The summed E-state index contributed by atoms with van der Waals surface area (Å²) >= 11 is 0. The number of hydrogen-bond acceptors (Lipinski definition) is 4. The van der Waals surface area contributed by atoms with Crippen molar-refractivity contribution in [2.75, 3.05) is 17.7 Å². The zero-order chi connectivity index (χ0) is 10.1. The SMILES string of the molecule is Cc1nc(N)cn1CCS(C)(=O)=O. The number of aryl methyl sites for hydroxylation is 2. The van der Waals surface area contributed by atoms with Gasteiger partial charge in [-0.05, 0) is 6.92 Å². The molecule has 1 aromatic rings. The van der Waals surface area contributed by atoms with Crippen LogP contribution in [0.3, 0.4) is 0 Å². The maximum atomic E-state index is 10.9. The Morgan fingerprint density at radius 1 is 1.62 bits per heavy atom. The number of imidazole rings is 1. The smallest absolute Gasteiger partial charge is 0.149 e. The number of nitrogen functional groups attached to an aromatic ring is 1. The first-order valence-electron chi connectivity index (χ1n) is 3.85. The molecule has 0 amide bonds. The fourth-order valence-corrected chi connectivity index (χ4v) is 1.55. The summed E-state index contributed by atoms with van der Waals surface area (Å²) in [4.78, 5) is 3.96. The molecule has 0 atom stereocenters. The van der Waals surface area contributed by atoms with E-state index in [1.54, 1.807) is 17.7 Å². The van der Waals surface area contributed by atoms with E-state index in [9.17, 15) is 8.42 Å². The van der Waals surface area contributed by atoms with Crippen LogP contribution < -0.4 is 5.73 Å². The van der Waals surface area contributed by atoms with Gasteiger partial charge in [-0.2, -0.15) is 0 Å². The highest BCUT2D eigenvalue weighted by molar-refractivity contribution is 7.90. The lowest BCUT2D eigenvalue weighted by atomic mass is 10.6. The summed E-state index contributed by atoms with van der Waals surface area (Å²) in [6, 6.07) is 0. The summed E-state index contributed by atoms with van der Waals surface area (Å²) in [6.07, 6.45) is 2.85. The number of nitrogens with zero attached hydrogens (tertiary/aromatic N) is 2. The van der Waals surface area contributed by atoms with Crippen molar-refractivity contribution in [3.05, 3.63) is 12.0 Å². The molecule has 0 aliphatic heterocycles. The largest absolute Gasteiger partial charge is 0.382 e. The molecule has 74 valence electrons. The molecule has 1 rings (SSSR count). The standard InChI is InChI=1S/C7H13N3O2S/c1-6-9-7(8)5-10(6)3-4-13(2,11)12/h5H,3-4,8H2,1-2H3. The van der Waals surface area contributed by atoms with E-state index in [1.807, 2.05) is 0 Å². The predicted octanol–water partition coefficient (Wildman–Crippen LogP) is -0.182. The molecular weight excluding hydrogens is 190 g/mol. The van der Waals surface area contributed by atoms with Gasteiger partial charge < -0.3 is 10.3 Å². The first-order valence-corrected chi connectivity index (χ1v) is 5.91. The molecule has 0 aliphatic carbocycles. The maximum absolute atomic E-state index is 10.9. The molecule has 2 N–H and O–H groups in total. The van der Waals surface area contributed by atoms with Gasteiger partial charge in [0, 0.05) is 19.0 Å². The number of hydrogen-bond donors (Lipinski definition) is 1. The normalized spacial score (nSPS) is 11.8. The van der Waals surface area contributed by atoms with Gasteiger partial charge in [-0.25, -0.2) is 13.4 Å². The summed E-state index contributed by atoms with van der Waals surface area (Å²) in [7, 11) is -2.92. The molecule has 5 nitrogen and oxygen atoms in total. The fourth-order valence-electron chi connectivity index (χ4n) is 1.02. The molecule has 0 bridgehead atoms. The van der Waals surface area contributed by atoms with Gasteiger partial charge in [-0.3, -0.25) is 0 Å². The van der Waals surface area contributed by atoms with Crippen molar-refractivity contribution in [1.29, 1.82) is 0 Å². The van der Waals surface area contributed by atoms with E-state index >= 15 is 0 Å². The summed E-state index contributed by atoms with van der Waals surface area (Å²) in [5.41, 5.74) is 5.44. The van der Waals surface area contributed by atoms with E-state index in [0.717, 1.165) is 5.82 Å². The number of rotatable bonds is 3. The molecule has 0 aliphatic rings. The molecule has 1 heterocycles. The topological polar surface area (TPSA) is 78.0 Å². The molecule has 13 heavy (non-hydrogen) atoms. The molecule has 0 unspecified atom stereocenters. The maximum Gasteiger partial charge on any atom is 0.149 e. The Bertz CT molecular complexity index is 394. The molecule has 6 heteroatoms. The lowest BCUT2D eigenvalue weighted by Crippen LogP contribution is -2.11. The summed E-state index contributed by atoms with van der Waals surface area (Å²) in [5.74, 6) is 1.27. The lowest BCUT2D eigenvalue weighted by Gasteiger charge is -2.02. The van der Waals surface area contributed by atoms with Gasteiger partial charge in [-0.15, -0.1) is 0 Å². The second-order valence-electron chi connectivity index (χ2n) is 3.04. The lowest BCUT2D eigenvalue weighted by molar-refractivity contribution is 0.593. The van der Waals surface area contributed by atoms with E-state index in [2.05, 4.69) is 4.98 Å². The summed E-state index contributed by atoms with van der Waals surface area (Å²) in [5, 5.41) is 0. The van der Waals surface area contributed by atoms with Crippen LogP contribution in [0, 0.1) is 6.92 Å². The van der Waals surface area contributed by atoms with Crippen LogP contribution >= 0.6 is 0 Å². The number of nitrogens with two attached hydrogens (primary N) is 1. The number of aromatic nitrogens is 2. The van der Waals surface area contributed by atoms with Gasteiger partial charge in [0.25, 0.3) is 0 Å². The van der Waals surface area contributed by atoms with Crippen LogP contribution in [0.2, 0.25) is 0 Å². The Morgan fingerprint density at radius 2 is 2.23 bits per heavy atom. The molecular formula is C7H13N3O2S. The van der Waals surface area contributed by atoms with E-state index in [4.69, 9.17) is 5.73 Å². The Labute approximate surface area is 77.5 Å². The van der Waals surface area contributed by atoms with E-state index < -0.39 is 9.84 Å². The summed E-state index contributed by atoms with van der Waals surface area (Å²) < 4.78 is 23.4. The highest BCUT2D eigenvalue weighted by Crippen LogP contribution is 2.03. The first-order chi connectivity index (χ1) is 5.88. The fraction of sp³-hybridized carbons (Fsp3) is 0.571. The van der Waals surface area contributed by atoms with Gasteiger partial charge in [0.1, 0.15) is 21.5 Å². The zero-order valence-corrected chi connectivity index (χ0v) is 8.50. The quantitative estimate of drug-likeness (QED) is 0.739. The first kappa shape index (κ1) is 10.0. The van der Waals surface area contributed by atoms with E-state index in [1.165, 1.54) is 6.26 Å². The van der Waals surface area contributed by atoms with Gasteiger partial charge in [0.15, 0.2) is 0 Å². The van der Waals surface area contributed by atoms with Crippen molar-refractivity contribution in [2.45, 2.75) is 13.5 Å². The average Bonchev–Trinajstić information content (AvgIpc) is 2.24. The molecule has 0 spiro atoms. The molecule has 0 fully saturated rings. The van der Waals surface area contributed by atoms with Crippen molar-refractivity contribution < 1.29 is 8.42 Å². The second-order valence-corrected chi connectivity index (χ2v) is 5.30. The Balaban J connectivity index is 2.70. The highest BCUT2D eigenvalue weighted by Gasteiger charge is 2.05. The summed E-state index contributed by atoms with van der Waals surface area (Å²) in [6.45, 7) is 2.20. The third kappa shape index (κ3) is 3.06. The predicted molar refractivity (Wildman–Crippen MR) is 51.1 cm³/mol. The van der Waals surface area contributed by atoms with Crippen LogP contribution in [-0.2, 0) is 16.4 Å². The van der Waals surface area contributed by atoms with Crippen molar-refractivity contribution in [2.24, 2.45) is 0 Å². The van der Waals surface area contributed by atoms with Crippen molar-refractivity contribution >= 4 is 15.7 Å². The van der Waals surface area contributed by atoms with Crippen LogP contribution in [0.4, 0.5) is 5.82 Å². The molecule has 0 saturated carbocycles. The van der Waals surface area contributed by atoms with Gasteiger partial charge in [-0.1, -0.05) is 0 Å². The second kappa shape index (κ2) is 3.37. The van der Waals surface area contributed by atoms with E-state index in [0.29, 0.717) is 12.4 Å². The van der Waals surface area contributed by atoms with E-state index in [-0.39, 0.29) is 5.75 Å². The minimum absolute atomic E-state index is 0.115. The zero-order valence-electron chi connectivity index (χ0n) is 7.69. The third-order valence-corrected chi connectivity index (χ3v) is 2.62. The van der Waals surface area contributed by atoms with Gasteiger partial charge >= 0.3 is 0 Å². The van der Waals surface area contributed by atoms with Crippen LogP contribution in [0.5, 0.6) is 0 Å². The molecule has 0 radical (unpaired) electrons. The minimum atomic E-state index is -2.92. The van der Waals surface area contributed by atoms with Crippen molar-refractivity contribution in [3.63, 3.8) is 0 Å². The minimum Gasteiger partial charge on any atom is -0.382 e. The van der Waals surface area contributed by atoms with Crippen molar-refractivity contribution in [1.82, 2.24) is 9.55 Å². The van der Waals surface area contributed by atoms with Crippen LogP contribution in [0.15, 0.2) is 6.20 Å². The van der Waals surface area contributed by atoms with Gasteiger partial charge in [0.05, 0.1) is 5.75 Å². The third-order valence-electron chi connectivity index (χ3n) is 1.70. The highest BCUT2D eigenvalue weighted by atomic mass is 32.2. The average molecular weight is 203 g/mol. The van der Waals surface area contributed by atoms with Crippen LogP contribution in [0.25, 0.3) is 0 Å².